The molecule has 1 aliphatic heterocycles. The number of rotatable bonds is 6. The molecule has 0 bridgehead atoms. The number of anilines is 2. The average Bonchev–Trinajstić information content (AvgIpc) is 3.14. The smallest absolute Gasteiger partial charge is 0.280 e. The van der Waals surface area contributed by atoms with E-state index in [4.69, 9.17) is 0 Å². The lowest BCUT2D eigenvalue weighted by Gasteiger charge is -2.12. The van der Waals surface area contributed by atoms with Gasteiger partial charge in [-0.1, -0.05) is 30.3 Å². The van der Waals surface area contributed by atoms with E-state index >= 15 is 0 Å². The molecule has 35 heavy (non-hydrogen) atoms. The molecule has 0 saturated carbocycles. The maximum atomic E-state index is 12.9. The molecule has 0 spiro atoms. The van der Waals surface area contributed by atoms with Gasteiger partial charge in [-0.3, -0.25) is 9.59 Å². The third kappa shape index (κ3) is 5.06. The van der Waals surface area contributed by atoms with E-state index in [1.165, 1.54) is 43.4 Å². The summed E-state index contributed by atoms with van der Waals surface area (Å²) < 4.78 is 25.5. The summed E-state index contributed by atoms with van der Waals surface area (Å²) in [5.74, 6) is -0.567. The van der Waals surface area contributed by atoms with Crippen molar-refractivity contribution in [3.8, 4) is 0 Å². The van der Waals surface area contributed by atoms with Crippen LogP contribution in [0.5, 0.6) is 0 Å². The van der Waals surface area contributed by atoms with Crippen LogP contribution in [0.2, 0.25) is 0 Å². The number of nitrogens with one attached hydrogen (secondary N) is 1. The molecule has 1 N–H and O–H groups in total. The zero-order valence-corrected chi connectivity index (χ0v) is 20.3. The minimum atomic E-state index is -3.56. The molecule has 2 amide bonds. The summed E-state index contributed by atoms with van der Waals surface area (Å²) in [7, 11) is -0.660. The Kier molecular flexibility index (Phi) is 6.63. The van der Waals surface area contributed by atoms with Crippen molar-refractivity contribution < 1.29 is 18.0 Å². The first kappa shape index (κ1) is 24.1. The molecule has 3 aromatic carbocycles. The van der Waals surface area contributed by atoms with Crippen LogP contribution in [0.4, 0.5) is 11.4 Å². The fourth-order valence-electron chi connectivity index (χ4n) is 3.45. The van der Waals surface area contributed by atoms with E-state index < -0.39 is 10.0 Å². The highest BCUT2D eigenvalue weighted by Crippen LogP contribution is 2.25. The number of benzene rings is 3. The molecular formula is C26H24N4O4S. The quantitative estimate of drug-likeness (QED) is 0.530. The van der Waals surface area contributed by atoms with E-state index in [1.807, 2.05) is 30.3 Å². The monoisotopic (exact) mass is 488 g/mol. The van der Waals surface area contributed by atoms with E-state index in [0.29, 0.717) is 28.2 Å². The van der Waals surface area contributed by atoms with E-state index in [-0.39, 0.29) is 16.7 Å². The van der Waals surface area contributed by atoms with Gasteiger partial charge >= 0.3 is 0 Å². The number of carbonyl (C=O) groups excluding carboxylic acids is 2. The number of carbonyl (C=O) groups is 2. The Morgan fingerprint density at radius 2 is 1.57 bits per heavy atom. The molecule has 4 rings (SSSR count). The first-order chi connectivity index (χ1) is 16.7. The number of amides is 2. The summed E-state index contributed by atoms with van der Waals surface area (Å²) in [4.78, 5) is 25.6. The molecule has 0 atom stereocenters. The van der Waals surface area contributed by atoms with Crippen LogP contribution >= 0.6 is 0 Å². The van der Waals surface area contributed by atoms with Crippen LogP contribution in [0.1, 0.15) is 22.8 Å². The molecule has 0 fully saturated rings. The largest absolute Gasteiger partial charge is 0.322 e. The summed E-state index contributed by atoms with van der Waals surface area (Å²) >= 11 is 0. The molecular weight excluding hydrogens is 464 g/mol. The minimum absolute atomic E-state index is 0.113. The highest BCUT2D eigenvalue weighted by atomic mass is 32.2. The fraction of sp³-hybridized carbons (Fsp3) is 0.115. The standard InChI is InChI=1S/C26H24N4O4S/c1-18-24(26(32)30(28-18)22-7-5-4-6-8-22)17-19-9-13-21(14-10-19)27-25(31)20-11-15-23(16-12-20)35(33,34)29(2)3/h4-17H,1-3H3,(H,27,31)/b24-17+. The molecule has 8 nitrogen and oxygen atoms in total. The number of nitrogens with zero attached hydrogens (tertiary/aromatic N) is 3. The van der Waals surface area contributed by atoms with Gasteiger partial charge in [0.25, 0.3) is 11.8 Å². The Morgan fingerprint density at radius 1 is 0.943 bits per heavy atom. The first-order valence-electron chi connectivity index (χ1n) is 10.8. The maximum absolute atomic E-state index is 12.9. The zero-order valence-electron chi connectivity index (χ0n) is 19.5. The molecule has 1 heterocycles. The number of hydrazone groups is 1. The van der Waals surface area contributed by atoms with Crippen LogP contribution in [0, 0.1) is 0 Å². The normalized spacial score (nSPS) is 15.0. The number of hydrogen-bond acceptors (Lipinski definition) is 5. The van der Waals surface area contributed by atoms with Crippen LogP contribution in [-0.4, -0.2) is 44.3 Å². The number of hydrogen-bond donors (Lipinski definition) is 1. The Balaban J connectivity index is 1.45. The molecule has 9 heteroatoms. The van der Waals surface area contributed by atoms with Crippen LogP contribution < -0.4 is 10.3 Å². The van der Waals surface area contributed by atoms with Crippen molar-refractivity contribution in [2.45, 2.75) is 11.8 Å². The lowest BCUT2D eigenvalue weighted by atomic mass is 10.1. The van der Waals surface area contributed by atoms with Crippen molar-refractivity contribution in [2.75, 3.05) is 24.4 Å². The fourth-order valence-corrected chi connectivity index (χ4v) is 4.35. The Morgan fingerprint density at radius 3 is 2.17 bits per heavy atom. The second kappa shape index (κ2) is 9.65. The van der Waals surface area contributed by atoms with Crippen molar-refractivity contribution in [1.82, 2.24) is 4.31 Å². The highest BCUT2D eigenvalue weighted by molar-refractivity contribution is 7.89. The van der Waals surface area contributed by atoms with Crippen molar-refractivity contribution in [3.05, 3.63) is 95.6 Å². The van der Waals surface area contributed by atoms with Gasteiger partial charge in [0.1, 0.15) is 0 Å². The number of para-hydroxylation sites is 1. The van der Waals surface area contributed by atoms with Gasteiger partial charge < -0.3 is 5.32 Å². The molecule has 0 unspecified atom stereocenters. The topological polar surface area (TPSA) is 99.1 Å². The van der Waals surface area contributed by atoms with E-state index in [0.717, 1.165) is 9.87 Å². The molecule has 1 aliphatic rings. The van der Waals surface area contributed by atoms with Gasteiger partial charge in [0.15, 0.2) is 0 Å². The highest BCUT2D eigenvalue weighted by Gasteiger charge is 2.28. The third-order valence-electron chi connectivity index (χ3n) is 5.44. The minimum Gasteiger partial charge on any atom is -0.322 e. The predicted molar refractivity (Wildman–Crippen MR) is 137 cm³/mol. The Hall–Kier alpha value is -4.08. The summed E-state index contributed by atoms with van der Waals surface area (Å²) in [6, 6.07) is 22.0. The van der Waals surface area contributed by atoms with Gasteiger partial charge in [-0.2, -0.15) is 10.1 Å². The van der Waals surface area contributed by atoms with Gasteiger partial charge in [-0.05, 0) is 67.1 Å². The van der Waals surface area contributed by atoms with Crippen LogP contribution in [0.3, 0.4) is 0 Å². The van der Waals surface area contributed by atoms with Gasteiger partial charge in [0, 0.05) is 25.3 Å². The summed E-state index contributed by atoms with van der Waals surface area (Å²) in [5, 5.41) is 8.54. The second-order valence-electron chi connectivity index (χ2n) is 8.08. The van der Waals surface area contributed by atoms with Crippen molar-refractivity contribution in [3.63, 3.8) is 0 Å². The molecule has 0 aliphatic carbocycles. The van der Waals surface area contributed by atoms with Gasteiger partial charge in [-0.15, -0.1) is 0 Å². The molecule has 0 saturated heterocycles. The predicted octanol–water partition coefficient (Wildman–Crippen LogP) is 4.00. The van der Waals surface area contributed by atoms with Crippen LogP contribution in [-0.2, 0) is 14.8 Å². The van der Waals surface area contributed by atoms with Crippen LogP contribution in [0.15, 0.2) is 94.4 Å². The van der Waals surface area contributed by atoms with Gasteiger partial charge in [0.2, 0.25) is 10.0 Å². The third-order valence-corrected chi connectivity index (χ3v) is 7.27. The number of sulfonamides is 1. The summed E-state index contributed by atoms with van der Waals surface area (Å²) in [5.41, 5.74) is 3.50. The Bertz CT molecular complexity index is 1430. The lowest BCUT2D eigenvalue weighted by Crippen LogP contribution is -2.22. The van der Waals surface area contributed by atoms with Crippen molar-refractivity contribution in [1.29, 1.82) is 0 Å². The summed E-state index contributed by atoms with van der Waals surface area (Å²) in [6.07, 6.45) is 1.76. The molecule has 178 valence electrons. The van der Waals surface area contributed by atoms with E-state index in [1.54, 1.807) is 37.3 Å². The van der Waals surface area contributed by atoms with Crippen molar-refractivity contribution in [2.24, 2.45) is 5.10 Å². The van der Waals surface area contributed by atoms with Crippen LogP contribution in [0.25, 0.3) is 6.08 Å². The lowest BCUT2D eigenvalue weighted by molar-refractivity contribution is -0.114. The average molecular weight is 489 g/mol. The van der Waals surface area contributed by atoms with E-state index in [9.17, 15) is 18.0 Å². The van der Waals surface area contributed by atoms with Gasteiger partial charge in [0.05, 0.1) is 21.9 Å². The summed E-state index contributed by atoms with van der Waals surface area (Å²) in [6.45, 7) is 1.79. The second-order valence-corrected chi connectivity index (χ2v) is 10.2. The SMILES string of the molecule is CC1=NN(c2ccccc2)C(=O)/C1=C/c1ccc(NC(=O)c2ccc(S(=O)(=O)N(C)C)cc2)cc1. The van der Waals surface area contributed by atoms with Crippen molar-refractivity contribution >= 4 is 45.0 Å². The molecule has 3 aromatic rings. The zero-order chi connectivity index (χ0) is 25.2. The molecule has 0 aromatic heterocycles. The maximum Gasteiger partial charge on any atom is 0.280 e. The first-order valence-corrected chi connectivity index (χ1v) is 12.2. The van der Waals surface area contributed by atoms with E-state index in [2.05, 4.69) is 10.4 Å². The molecule has 0 radical (unpaired) electrons. The van der Waals surface area contributed by atoms with Gasteiger partial charge in [-0.25, -0.2) is 12.7 Å². The Labute approximate surface area is 204 Å².